The highest BCUT2D eigenvalue weighted by Gasteiger charge is 2.27. The molecule has 0 spiro atoms. The fourth-order valence-electron chi connectivity index (χ4n) is 2.71. The van der Waals surface area contributed by atoms with Crippen molar-refractivity contribution >= 4 is 37.5 Å². The Labute approximate surface area is 161 Å². The van der Waals surface area contributed by atoms with Crippen LogP contribution in [0.3, 0.4) is 0 Å². The fraction of sp³-hybridized carbons (Fsp3) is 0.278. The van der Waals surface area contributed by atoms with E-state index in [-0.39, 0.29) is 10.8 Å². The number of rotatable bonds is 4. The number of anilines is 1. The summed E-state index contributed by atoms with van der Waals surface area (Å²) in [5, 5.41) is 2.80. The van der Waals surface area contributed by atoms with E-state index in [4.69, 9.17) is 4.74 Å². The van der Waals surface area contributed by atoms with Gasteiger partial charge in [-0.3, -0.25) is 4.79 Å². The standard InChI is InChI=1S/C18H19BrN2O4S/c1-13-5-6-16(26(23,24)21-7-9-25-10-8-21)12-17(13)18(22)20-15-4-2-3-14(19)11-15/h2-6,11-12H,7-10H2,1H3,(H,20,22). The van der Waals surface area contributed by atoms with Gasteiger partial charge in [-0.05, 0) is 42.8 Å². The zero-order chi connectivity index (χ0) is 18.7. The van der Waals surface area contributed by atoms with E-state index in [2.05, 4.69) is 21.2 Å². The van der Waals surface area contributed by atoms with Crippen LogP contribution in [0.2, 0.25) is 0 Å². The average Bonchev–Trinajstić information content (AvgIpc) is 2.62. The van der Waals surface area contributed by atoms with Crippen molar-refractivity contribution in [1.82, 2.24) is 4.31 Å². The maximum Gasteiger partial charge on any atom is 0.255 e. The van der Waals surface area contributed by atoms with E-state index in [1.165, 1.54) is 16.4 Å². The summed E-state index contributed by atoms with van der Waals surface area (Å²) in [6.07, 6.45) is 0. The number of nitrogens with zero attached hydrogens (tertiary/aromatic N) is 1. The lowest BCUT2D eigenvalue weighted by Crippen LogP contribution is -2.40. The second kappa shape index (κ2) is 7.87. The van der Waals surface area contributed by atoms with Crippen molar-refractivity contribution in [2.45, 2.75) is 11.8 Å². The van der Waals surface area contributed by atoms with Crippen LogP contribution in [0, 0.1) is 6.92 Å². The average molecular weight is 439 g/mol. The highest BCUT2D eigenvalue weighted by molar-refractivity contribution is 9.10. The van der Waals surface area contributed by atoms with Crippen LogP contribution < -0.4 is 5.32 Å². The van der Waals surface area contributed by atoms with Crippen LogP contribution in [0.5, 0.6) is 0 Å². The summed E-state index contributed by atoms with van der Waals surface area (Å²) in [5.41, 5.74) is 1.67. The molecule has 0 aromatic heterocycles. The number of amides is 1. The van der Waals surface area contributed by atoms with Gasteiger partial charge >= 0.3 is 0 Å². The second-order valence-electron chi connectivity index (χ2n) is 5.96. The second-order valence-corrected chi connectivity index (χ2v) is 8.81. The molecule has 26 heavy (non-hydrogen) atoms. The minimum Gasteiger partial charge on any atom is -0.379 e. The molecule has 1 amide bonds. The van der Waals surface area contributed by atoms with E-state index < -0.39 is 10.0 Å². The van der Waals surface area contributed by atoms with Crippen LogP contribution in [-0.4, -0.2) is 44.9 Å². The van der Waals surface area contributed by atoms with Crippen LogP contribution in [0.1, 0.15) is 15.9 Å². The summed E-state index contributed by atoms with van der Waals surface area (Å²) in [4.78, 5) is 12.8. The maximum atomic E-state index is 12.8. The van der Waals surface area contributed by atoms with E-state index in [1.54, 1.807) is 25.1 Å². The molecule has 1 aliphatic rings. The number of nitrogens with one attached hydrogen (secondary N) is 1. The van der Waals surface area contributed by atoms with E-state index in [0.29, 0.717) is 43.1 Å². The Morgan fingerprint density at radius 3 is 2.58 bits per heavy atom. The summed E-state index contributed by atoms with van der Waals surface area (Å²) in [5.74, 6) is -0.348. The van der Waals surface area contributed by atoms with Crippen LogP contribution in [0.15, 0.2) is 51.8 Å². The first kappa shape index (κ1) is 19.0. The van der Waals surface area contributed by atoms with Gasteiger partial charge in [0.1, 0.15) is 0 Å². The highest BCUT2D eigenvalue weighted by atomic mass is 79.9. The Hall–Kier alpha value is -1.74. The fourth-order valence-corrected chi connectivity index (χ4v) is 4.54. The van der Waals surface area contributed by atoms with Crippen molar-refractivity contribution in [2.75, 3.05) is 31.6 Å². The number of carbonyl (C=O) groups is 1. The van der Waals surface area contributed by atoms with E-state index in [1.807, 2.05) is 12.1 Å². The Morgan fingerprint density at radius 2 is 1.88 bits per heavy atom. The molecule has 0 atom stereocenters. The Morgan fingerprint density at radius 1 is 1.15 bits per heavy atom. The third-order valence-corrected chi connectivity index (χ3v) is 6.53. The molecule has 0 aliphatic carbocycles. The first-order valence-electron chi connectivity index (χ1n) is 8.13. The third kappa shape index (κ3) is 4.15. The number of sulfonamides is 1. The molecule has 1 fully saturated rings. The molecule has 1 saturated heterocycles. The Bertz CT molecular complexity index is 925. The Balaban J connectivity index is 1.88. The maximum absolute atomic E-state index is 12.8. The molecule has 1 N–H and O–H groups in total. The molecule has 6 nitrogen and oxygen atoms in total. The Kier molecular flexibility index (Phi) is 5.76. The summed E-state index contributed by atoms with van der Waals surface area (Å²) in [7, 11) is -3.65. The number of hydrogen-bond acceptors (Lipinski definition) is 4. The molecule has 2 aromatic carbocycles. The highest BCUT2D eigenvalue weighted by Crippen LogP contribution is 2.22. The van der Waals surface area contributed by atoms with Gasteiger partial charge in [-0.25, -0.2) is 8.42 Å². The number of benzene rings is 2. The molecular formula is C18H19BrN2O4S. The van der Waals surface area contributed by atoms with Gasteiger partial charge in [0.25, 0.3) is 5.91 Å². The van der Waals surface area contributed by atoms with E-state index >= 15 is 0 Å². The normalized spacial score (nSPS) is 15.6. The van der Waals surface area contributed by atoms with Crippen molar-refractivity contribution in [3.8, 4) is 0 Å². The molecule has 0 unspecified atom stereocenters. The number of morpholine rings is 1. The minimum absolute atomic E-state index is 0.115. The van der Waals surface area contributed by atoms with Gasteiger partial charge in [-0.2, -0.15) is 4.31 Å². The molecule has 1 aliphatic heterocycles. The number of carbonyl (C=O) groups excluding carboxylic acids is 1. The van der Waals surface area contributed by atoms with Gasteiger partial charge in [0, 0.05) is 28.8 Å². The summed E-state index contributed by atoms with van der Waals surface area (Å²) >= 11 is 3.36. The summed E-state index contributed by atoms with van der Waals surface area (Å²) in [6.45, 7) is 3.16. The third-order valence-electron chi connectivity index (χ3n) is 4.14. The number of halogens is 1. The molecule has 0 radical (unpaired) electrons. The molecule has 2 aromatic rings. The number of ether oxygens (including phenoxy) is 1. The lowest BCUT2D eigenvalue weighted by atomic mass is 10.1. The predicted octanol–water partition coefficient (Wildman–Crippen LogP) is 3.03. The summed E-state index contributed by atoms with van der Waals surface area (Å²) in [6, 6.07) is 11.8. The topological polar surface area (TPSA) is 75.7 Å². The van der Waals surface area contributed by atoms with Crippen LogP contribution >= 0.6 is 15.9 Å². The van der Waals surface area contributed by atoms with Crippen molar-refractivity contribution in [1.29, 1.82) is 0 Å². The summed E-state index contributed by atoms with van der Waals surface area (Å²) < 4.78 is 33.1. The van der Waals surface area contributed by atoms with E-state index in [0.717, 1.165) is 4.47 Å². The number of hydrogen-bond donors (Lipinski definition) is 1. The first-order valence-corrected chi connectivity index (χ1v) is 10.4. The van der Waals surface area contributed by atoms with Gasteiger partial charge in [0.2, 0.25) is 10.0 Å². The molecular weight excluding hydrogens is 420 g/mol. The minimum atomic E-state index is -3.65. The van der Waals surface area contributed by atoms with Gasteiger partial charge in [0.15, 0.2) is 0 Å². The van der Waals surface area contributed by atoms with Gasteiger partial charge in [-0.15, -0.1) is 0 Å². The van der Waals surface area contributed by atoms with Gasteiger partial charge in [-0.1, -0.05) is 28.1 Å². The zero-order valence-electron chi connectivity index (χ0n) is 14.2. The SMILES string of the molecule is Cc1ccc(S(=O)(=O)N2CCOCC2)cc1C(=O)Nc1cccc(Br)c1. The quantitative estimate of drug-likeness (QED) is 0.795. The zero-order valence-corrected chi connectivity index (χ0v) is 16.6. The van der Waals surface area contributed by atoms with Gasteiger partial charge in [0.05, 0.1) is 18.1 Å². The van der Waals surface area contributed by atoms with Crippen molar-refractivity contribution in [3.05, 3.63) is 58.1 Å². The predicted molar refractivity (Wildman–Crippen MR) is 103 cm³/mol. The number of aryl methyl sites for hydroxylation is 1. The lowest BCUT2D eigenvalue weighted by Gasteiger charge is -2.26. The van der Waals surface area contributed by atoms with Crippen LogP contribution in [-0.2, 0) is 14.8 Å². The van der Waals surface area contributed by atoms with Crippen LogP contribution in [0.4, 0.5) is 5.69 Å². The molecule has 1 heterocycles. The molecule has 0 bridgehead atoms. The van der Waals surface area contributed by atoms with E-state index in [9.17, 15) is 13.2 Å². The lowest BCUT2D eigenvalue weighted by molar-refractivity contribution is 0.0730. The van der Waals surface area contributed by atoms with Crippen molar-refractivity contribution in [3.63, 3.8) is 0 Å². The smallest absolute Gasteiger partial charge is 0.255 e. The molecule has 0 saturated carbocycles. The largest absolute Gasteiger partial charge is 0.379 e. The van der Waals surface area contributed by atoms with Gasteiger partial charge < -0.3 is 10.1 Å². The monoisotopic (exact) mass is 438 g/mol. The first-order chi connectivity index (χ1) is 12.4. The molecule has 138 valence electrons. The molecule has 8 heteroatoms. The molecule has 3 rings (SSSR count). The van der Waals surface area contributed by atoms with Crippen molar-refractivity contribution in [2.24, 2.45) is 0 Å². The van der Waals surface area contributed by atoms with Crippen molar-refractivity contribution < 1.29 is 17.9 Å². The van der Waals surface area contributed by atoms with Crippen LogP contribution in [0.25, 0.3) is 0 Å².